The standard InChI is InChI=1S/C12H11BrN2OS/c13-10-2-1-3-11(4-10)17-7-12(16)9-5-14-8-15-6-9/h1-6,8,12,16H,7H2. The van der Waals surface area contributed by atoms with Gasteiger partial charge in [0.05, 0.1) is 6.10 Å². The Bertz CT molecular complexity index is 481. The fourth-order valence-corrected chi connectivity index (χ4v) is 2.79. The molecule has 1 atom stereocenters. The van der Waals surface area contributed by atoms with Gasteiger partial charge in [0.2, 0.25) is 0 Å². The van der Waals surface area contributed by atoms with E-state index in [1.807, 2.05) is 24.3 Å². The van der Waals surface area contributed by atoms with E-state index in [4.69, 9.17) is 0 Å². The lowest BCUT2D eigenvalue weighted by Gasteiger charge is -2.09. The lowest BCUT2D eigenvalue weighted by Crippen LogP contribution is -2.01. The van der Waals surface area contributed by atoms with Crippen molar-refractivity contribution in [1.82, 2.24) is 9.97 Å². The highest BCUT2D eigenvalue weighted by Gasteiger charge is 2.08. The third-order valence-electron chi connectivity index (χ3n) is 2.17. The van der Waals surface area contributed by atoms with Crippen LogP contribution in [0.3, 0.4) is 0 Å². The van der Waals surface area contributed by atoms with Crippen LogP contribution in [-0.4, -0.2) is 20.8 Å². The highest BCUT2D eigenvalue weighted by atomic mass is 79.9. The normalized spacial score (nSPS) is 12.4. The van der Waals surface area contributed by atoms with Crippen LogP contribution in [0.4, 0.5) is 0 Å². The fraction of sp³-hybridized carbons (Fsp3) is 0.167. The second-order valence-electron chi connectivity index (χ2n) is 3.46. The van der Waals surface area contributed by atoms with Gasteiger partial charge in [-0.2, -0.15) is 0 Å². The van der Waals surface area contributed by atoms with Crippen molar-refractivity contribution in [3.8, 4) is 0 Å². The number of aromatic nitrogens is 2. The number of nitrogens with zero attached hydrogens (tertiary/aromatic N) is 2. The molecule has 5 heteroatoms. The summed E-state index contributed by atoms with van der Waals surface area (Å²) < 4.78 is 1.04. The largest absolute Gasteiger partial charge is 0.387 e. The van der Waals surface area contributed by atoms with Crippen molar-refractivity contribution in [1.29, 1.82) is 0 Å². The summed E-state index contributed by atoms with van der Waals surface area (Å²) in [6.07, 6.45) is 4.19. The van der Waals surface area contributed by atoms with Crippen LogP contribution >= 0.6 is 27.7 Å². The Balaban J connectivity index is 1.95. The number of hydrogen-bond acceptors (Lipinski definition) is 4. The van der Waals surface area contributed by atoms with Crippen molar-refractivity contribution >= 4 is 27.7 Å². The van der Waals surface area contributed by atoms with Crippen LogP contribution in [0.25, 0.3) is 0 Å². The van der Waals surface area contributed by atoms with Crippen molar-refractivity contribution in [3.05, 3.63) is 53.0 Å². The molecule has 1 aromatic heterocycles. The minimum absolute atomic E-state index is 0.541. The van der Waals surface area contributed by atoms with E-state index >= 15 is 0 Å². The van der Waals surface area contributed by atoms with Crippen LogP contribution < -0.4 is 0 Å². The van der Waals surface area contributed by atoms with Gasteiger partial charge in [-0.3, -0.25) is 0 Å². The Kier molecular flexibility index (Phi) is 4.53. The summed E-state index contributed by atoms with van der Waals surface area (Å²) in [5.74, 6) is 0.587. The first-order chi connectivity index (χ1) is 8.25. The molecule has 0 aliphatic heterocycles. The topological polar surface area (TPSA) is 46.0 Å². The van der Waals surface area contributed by atoms with Crippen LogP contribution in [0, 0.1) is 0 Å². The molecule has 0 amide bonds. The molecule has 1 heterocycles. The molecule has 0 fully saturated rings. The number of rotatable bonds is 4. The Morgan fingerprint density at radius 1 is 1.29 bits per heavy atom. The number of thioether (sulfide) groups is 1. The molecule has 2 aromatic rings. The average molecular weight is 311 g/mol. The maximum Gasteiger partial charge on any atom is 0.115 e. The van der Waals surface area contributed by atoms with E-state index in [-0.39, 0.29) is 0 Å². The van der Waals surface area contributed by atoms with E-state index in [0.29, 0.717) is 5.75 Å². The predicted molar refractivity (Wildman–Crippen MR) is 71.9 cm³/mol. The van der Waals surface area contributed by atoms with Crippen LogP contribution in [-0.2, 0) is 0 Å². The lowest BCUT2D eigenvalue weighted by molar-refractivity contribution is 0.203. The highest BCUT2D eigenvalue weighted by molar-refractivity contribution is 9.10. The molecule has 17 heavy (non-hydrogen) atoms. The third-order valence-corrected chi connectivity index (χ3v) is 3.73. The molecule has 1 aromatic carbocycles. The lowest BCUT2D eigenvalue weighted by atomic mass is 10.2. The van der Waals surface area contributed by atoms with Crippen molar-refractivity contribution in [2.24, 2.45) is 0 Å². The monoisotopic (exact) mass is 310 g/mol. The van der Waals surface area contributed by atoms with Crippen LogP contribution in [0.2, 0.25) is 0 Å². The van der Waals surface area contributed by atoms with Crippen molar-refractivity contribution in [3.63, 3.8) is 0 Å². The third kappa shape index (κ3) is 3.80. The number of benzene rings is 1. The second-order valence-corrected chi connectivity index (χ2v) is 5.47. The first-order valence-electron chi connectivity index (χ1n) is 5.07. The van der Waals surface area contributed by atoms with E-state index in [1.54, 1.807) is 24.2 Å². The Morgan fingerprint density at radius 3 is 2.76 bits per heavy atom. The van der Waals surface area contributed by atoms with Crippen LogP contribution in [0.5, 0.6) is 0 Å². The molecular weight excluding hydrogens is 300 g/mol. The first kappa shape index (κ1) is 12.5. The fourth-order valence-electron chi connectivity index (χ4n) is 1.31. The van der Waals surface area contributed by atoms with Gasteiger partial charge < -0.3 is 5.11 Å². The van der Waals surface area contributed by atoms with Crippen LogP contribution in [0.15, 0.2) is 52.4 Å². The molecule has 0 spiro atoms. The summed E-state index contributed by atoms with van der Waals surface area (Å²) in [5, 5.41) is 9.94. The minimum Gasteiger partial charge on any atom is -0.387 e. The van der Waals surface area contributed by atoms with Gasteiger partial charge >= 0.3 is 0 Å². The molecular formula is C12H11BrN2OS. The quantitative estimate of drug-likeness (QED) is 0.882. The van der Waals surface area contributed by atoms with E-state index in [1.165, 1.54) is 6.33 Å². The van der Waals surface area contributed by atoms with E-state index in [0.717, 1.165) is 14.9 Å². The number of aliphatic hydroxyl groups excluding tert-OH is 1. The SMILES string of the molecule is OC(CSc1cccc(Br)c1)c1cncnc1. The Morgan fingerprint density at radius 2 is 2.06 bits per heavy atom. The summed E-state index contributed by atoms with van der Waals surface area (Å²) in [6.45, 7) is 0. The second kappa shape index (κ2) is 6.14. The summed E-state index contributed by atoms with van der Waals surface area (Å²) in [4.78, 5) is 8.89. The summed E-state index contributed by atoms with van der Waals surface area (Å²) in [6, 6.07) is 8.00. The smallest absolute Gasteiger partial charge is 0.115 e. The molecule has 0 aliphatic rings. The molecule has 0 radical (unpaired) electrons. The Hall–Kier alpha value is -0.910. The van der Waals surface area contributed by atoms with Crippen LogP contribution in [0.1, 0.15) is 11.7 Å². The van der Waals surface area contributed by atoms with Crippen molar-refractivity contribution < 1.29 is 5.11 Å². The highest BCUT2D eigenvalue weighted by Crippen LogP contribution is 2.26. The van der Waals surface area contributed by atoms with E-state index in [2.05, 4.69) is 25.9 Å². The maximum atomic E-state index is 9.94. The molecule has 3 nitrogen and oxygen atoms in total. The molecule has 0 saturated heterocycles. The van der Waals surface area contributed by atoms with Gasteiger partial charge in [-0.1, -0.05) is 22.0 Å². The van der Waals surface area contributed by atoms with E-state index in [9.17, 15) is 5.11 Å². The molecule has 0 bridgehead atoms. The number of halogens is 1. The molecule has 0 saturated carbocycles. The Labute approximate surface area is 112 Å². The molecule has 1 unspecified atom stereocenters. The van der Waals surface area contributed by atoms with Gasteiger partial charge in [-0.25, -0.2) is 9.97 Å². The zero-order chi connectivity index (χ0) is 12.1. The molecule has 1 N–H and O–H groups in total. The zero-order valence-electron chi connectivity index (χ0n) is 8.95. The van der Waals surface area contributed by atoms with Gasteiger partial charge in [0, 0.05) is 33.1 Å². The van der Waals surface area contributed by atoms with Gasteiger partial charge in [-0.05, 0) is 18.2 Å². The van der Waals surface area contributed by atoms with Gasteiger partial charge in [-0.15, -0.1) is 11.8 Å². The molecule has 0 aliphatic carbocycles. The summed E-state index contributed by atoms with van der Waals surface area (Å²) >= 11 is 5.02. The summed E-state index contributed by atoms with van der Waals surface area (Å²) in [5.41, 5.74) is 0.745. The van der Waals surface area contributed by atoms with E-state index < -0.39 is 6.10 Å². The summed E-state index contributed by atoms with van der Waals surface area (Å²) in [7, 11) is 0. The van der Waals surface area contributed by atoms with Crippen molar-refractivity contribution in [2.45, 2.75) is 11.0 Å². The van der Waals surface area contributed by atoms with Crippen molar-refractivity contribution in [2.75, 3.05) is 5.75 Å². The molecule has 2 rings (SSSR count). The number of hydrogen-bond donors (Lipinski definition) is 1. The first-order valence-corrected chi connectivity index (χ1v) is 6.85. The zero-order valence-corrected chi connectivity index (χ0v) is 11.4. The molecule has 88 valence electrons. The number of aliphatic hydroxyl groups is 1. The maximum absolute atomic E-state index is 9.94. The van der Waals surface area contributed by atoms with Gasteiger partial charge in [0.15, 0.2) is 0 Å². The van der Waals surface area contributed by atoms with Gasteiger partial charge in [0.1, 0.15) is 6.33 Å². The average Bonchev–Trinajstić information content (AvgIpc) is 2.37. The van der Waals surface area contributed by atoms with Gasteiger partial charge in [0.25, 0.3) is 0 Å². The predicted octanol–water partition coefficient (Wildman–Crippen LogP) is 3.06. The minimum atomic E-state index is -0.541.